The second-order valence-electron chi connectivity index (χ2n) is 2.19. The van der Waals surface area contributed by atoms with Crippen molar-refractivity contribution < 1.29 is 0 Å². The predicted octanol–water partition coefficient (Wildman–Crippen LogP) is 0.850. The monoisotopic (exact) mass is 154 g/mol. The van der Waals surface area contributed by atoms with Gasteiger partial charge in [-0.3, -0.25) is 11.0 Å². The molecule has 4 N–H and O–H groups in total. The first-order valence-corrected chi connectivity index (χ1v) is 4.55. The highest BCUT2D eigenvalue weighted by Crippen LogP contribution is 2.14. The Hall–Kier alpha value is -0.430. The fourth-order valence-corrected chi connectivity index (χ4v) is 1.59. The average molecular weight is 154 g/mol. The lowest BCUT2D eigenvalue weighted by Crippen LogP contribution is -2.15. The van der Waals surface area contributed by atoms with E-state index in [0.717, 1.165) is 5.30 Å². The van der Waals surface area contributed by atoms with Gasteiger partial charge in [-0.05, 0) is 12.5 Å². The average Bonchev–Trinajstić information content (AvgIpc) is 1.88. The van der Waals surface area contributed by atoms with Crippen LogP contribution in [-0.4, -0.2) is 0 Å². The summed E-state index contributed by atoms with van der Waals surface area (Å²) in [6.07, 6.45) is 0. The van der Waals surface area contributed by atoms with E-state index in [1.54, 1.807) is 0 Å². The molecule has 3 heteroatoms. The van der Waals surface area contributed by atoms with Crippen LogP contribution in [0.3, 0.4) is 0 Å². The van der Waals surface area contributed by atoms with Gasteiger partial charge in [-0.2, -0.15) is 0 Å². The Morgan fingerprint density at radius 2 is 1.80 bits per heavy atom. The largest absolute Gasteiger partial charge is 0.294 e. The molecular formula is C7H11N2P. The van der Waals surface area contributed by atoms with E-state index in [4.69, 9.17) is 11.0 Å². The Bertz CT molecular complexity index is 223. The molecule has 0 aliphatic rings. The van der Waals surface area contributed by atoms with Crippen molar-refractivity contribution in [3.63, 3.8) is 0 Å². The predicted molar refractivity (Wildman–Crippen MR) is 46.1 cm³/mol. The van der Waals surface area contributed by atoms with Gasteiger partial charge in [-0.1, -0.05) is 24.3 Å². The molecule has 0 amide bonds. The number of rotatable bonds is 1. The van der Waals surface area contributed by atoms with Crippen LogP contribution in [0.2, 0.25) is 0 Å². The van der Waals surface area contributed by atoms with Gasteiger partial charge < -0.3 is 0 Å². The second-order valence-corrected chi connectivity index (χ2v) is 3.49. The molecule has 0 atom stereocenters. The van der Waals surface area contributed by atoms with Crippen LogP contribution in [0.4, 0.5) is 0 Å². The molecule has 0 radical (unpaired) electrons. The summed E-state index contributed by atoms with van der Waals surface area (Å²) in [5.74, 6) is 0. The molecular weight excluding hydrogens is 143 g/mol. The summed E-state index contributed by atoms with van der Waals surface area (Å²) in [5.41, 5.74) is 12.3. The van der Waals surface area contributed by atoms with Crippen LogP contribution in [0.5, 0.6) is 0 Å². The Labute approximate surface area is 62.1 Å². The van der Waals surface area contributed by atoms with E-state index in [9.17, 15) is 0 Å². The van der Waals surface area contributed by atoms with Crippen LogP contribution < -0.4 is 16.3 Å². The van der Waals surface area contributed by atoms with E-state index in [1.807, 2.05) is 31.2 Å². The van der Waals surface area contributed by atoms with Gasteiger partial charge in [0.2, 0.25) is 0 Å². The molecule has 0 unspecified atom stereocenters. The molecule has 0 saturated heterocycles. The summed E-state index contributed by atoms with van der Waals surface area (Å²) in [7, 11) is -0.916. The van der Waals surface area contributed by atoms with Crippen molar-refractivity contribution in [3.05, 3.63) is 29.8 Å². The van der Waals surface area contributed by atoms with Crippen molar-refractivity contribution in [2.45, 2.75) is 6.92 Å². The maximum Gasteiger partial charge on any atom is 0.0614 e. The Balaban J connectivity index is 3.03. The van der Waals surface area contributed by atoms with Crippen molar-refractivity contribution in [2.24, 2.45) is 11.0 Å². The van der Waals surface area contributed by atoms with E-state index in [-0.39, 0.29) is 0 Å². The van der Waals surface area contributed by atoms with Crippen LogP contribution in [0.15, 0.2) is 24.3 Å². The van der Waals surface area contributed by atoms with Crippen molar-refractivity contribution in [1.82, 2.24) is 0 Å². The lowest BCUT2D eigenvalue weighted by molar-refractivity contribution is 1.51. The third-order valence-electron chi connectivity index (χ3n) is 1.39. The minimum absolute atomic E-state index is 0.916. The maximum absolute atomic E-state index is 5.56. The van der Waals surface area contributed by atoms with E-state index < -0.39 is 8.22 Å². The molecule has 0 heterocycles. The minimum atomic E-state index is -0.916. The summed E-state index contributed by atoms with van der Waals surface area (Å²) >= 11 is 0. The van der Waals surface area contributed by atoms with Gasteiger partial charge in [-0.15, -0.1) is 0 Å². The Kier molecular flexibility index (Phi) is 2.39. The molecule has 0 spiro atoms. The van der Waals surface area contributed by atoms with Crippen LogP contribution >= 0.6 is 8.22 Å². The third-order valence-corrected chi connectivity index (χ3v) is 2.45. The smallest absolute Gasteiger partial charge is 0.0614 e. The van der Waals surface area contributed by atoms with Gasteiger partial charge >= 0.3 is 0 Å². The number of benzene rings is 1. The SMILES string of the molecule is Cc1ccccc1P(N)N. The van der Waals surface area contributed by atoms with Gasteiger partial charge in [0.05, 0.1) is 8.22 Å². The Morgan fingerprint density at radius 1 is 1.20 bits per heavy atom. The normalized spacial score (nSPS) is 10.4. The highest BCUT2D eigenvalue weighted by molar-refractivity contribution is 7.61. The zero-order valence-corrected chi connectivity index (χ0v) is 6.81. The first kappa shape index (κ1) is 7.67. The van der Waals surface area contributed by atoms with Crippen molar-refractivity contribution in [2.75, 3.05) is 0 Å². The molecule has 54 valence electrons. The number of hydrogen-bond acceptors (Lipinski definition) is 2. The summed E-state index contributed by atoms with van der Waals surface area (Å²) in [4.78, 5) is 0. The summed E-state index contributed by atoms with van der Waals surface area (Å²) < 4.78 is 0. The molecule has 0 aromatic heterocycles. The fourth-order valence-electron chi connectivity index (χ4n) is 0.853. The standard InChI is InChI=1S/C7H11N2P/c1-6-4-2-3-5-7(6)10(8)9/h2-5H,8-9H2,1H3. The van der Waals surface area contributed by atoms with Gasteiger partial charge in [0.25, 0.3) is 0 Å². The summed E-state index contributed by atoms with van der Waals surface area (Å²) in [6, 6.07) is 7.93. The van der Waals surface area contributed by atoms with E-state index in [0.29, 0.717) is 0 Å². The zero-order valence-electron chi connectivity index (χ0n) is 5.91. The molecule has 2 nitrogen and oxygen atoms in total. The molecule has 10 heavy (non-hydrogen) atoms. The molecule has 0 fully saturated rings. The molecule has 1 aromatic carbocycles. The molecule has 1 aromatic rings. The van der Waals surface area contributed by atoms with Crippen LogP contribution in [0.1, 0.15) is 5.56 Å². The van der Waals surface area contributed by atoms with E-state index >= 15 is 0 Å². The molecule has 0 aliphatic carbocycles. The van der Waals surface area contributed by atoms with Gasteiger partial charge in [-0.25, -0.2) is 0 Å². The molecule has 0 bridgehead atoms. The highest BCUT2D eigenvalue weighted by Gasteiger charge is 2.00. The topological polar surface area (TPSA) is 52.0 Å². The molecule has 0 saturated carbocycles. The highest BCUT2D eigenvalue weighted by atomic mass is 31.1. The number of nitrogens with two attached hydrogens (primary N) is 2. The molecule has 1 rings (SSSR count). The number of aryl methyl sites for hydroxylation is 1. The lowest BCUT2D eigenvalue weighted by Gasteiger charge is -2.07. The van der Waals surface area contributed by atoms with Gasteiger partial charge in [0.1, 0.15) is 0 Å². The van der Waals surface area contributed by atoms with Gasteiger partial charge in [0, 0.05) is 5.30 Å². The third kappa shape index (κ3) is 1.54. The Morgan fingerprint density at radius 3 is 2.20 bits per heavy atom. The molecule has 0 aliphatic heterocycles. The lowest BCUT2D eigenvalue weighted by atomic mass is 10.2. The first-order valence-electron chi connectivity index (χ1n) is 3.07. The van der Waals surface area contributed by atoms with Crippen LogP contribution in [-0.2, 0) is 0 Å². The summed E-state index contributed by atoms with van der Waals surface area (Å²) in [5, 5.41) is 1.08. The van der Waals surface area contributed by atoms with Crippen LogP contribution in [0, 0.1) is 6.92 Å². The van der Waals surface area contributed by atoms with E-state index in [2.05, 4.69) is 0 Å². The number of hydrogen-bond donors (Lipinski definition) is 2. The summed E-state index contributed by atoms with van der Waals surface area (Å²) in [6.45, 7) is 2.02. The maximum atomic E-state index is 5.56. The van der Waals surface area contributed by atoms with E-state index in [1.165, 1.54) is 5.56 Å². The van der Waals surface area contributed by atoms with Crippen molar-refractivity contribution in [1.29, 1.82) is 0 Å². The minimum Gasteiger partial charge on any atom is -0.294 e. The second kappa shape index (κ2) is 3.11. The fraction of sp³-hybridized carbons (Fsp3) is 0.143. The van der Waals surface area contributed by atoms with Crippen molar-refractivity contribution >= 4 is 13.5 Å². The van der Waals surface area contributed by atoms with Crippen LogP contribution in [0.25, 0.3) is 0 Å². The zero-order chi connectivity index (χ0) is 7.56. The quantitative estimate of drug-likeness (QED) is 0.589. The first-order chi connectivity index (χ1) is 4.72. The van der Waals surface area contributed by atoms with Gasteiger partial charge in [0.15, 0.2) is 0 Å². The van der Waals surface area contributed by atoms with Crippen molar-refractivity contribution in [3.8, 4) is 0 Å².